The summed E-state index contributed by atoms with van der Waals surface area (Å²) in [6, 6.07) is 0. The Morgan fingerprint density at radius 3 is 2.90 bits per heavy atom. The molecule has 0 radical (unpaired) electrons. The molecule has 108 valence electrons. The van der Waals surface area contributed by atoms with E-state index >= 15 is 0 Å². The van der Waals surface area contributed by atoms with Crippen LogP contribution in [0.25, 0.3) is 0 Å². The smallest absolute Gasteiger partial charge is 0.242 e. The highest BCUT2D eigenvalue weighted by molar-refractivity contribution is 5.75. The highest BCUT2D eigenvalue weighted by Gasteiger charge is 2.09. The summed E-state index contributed by atoms with van der Waals surface area (Å²) in [6.45, 7) is 2.96. The molecule has 2 aromatic heterocycles. The van der Waals surface area contributed by atoms with E-state index in [9.17, 15) is 4.79 Å². The molecule has 0 aliphatic heterocycles. The monoisotopic (exact) mass is 277 g/mol. The van der Waals surface area contributed by atoms with Crippen molar-refractivity contribution in [1.82, 2.24) is 30.1 Å². The fourth-order valence-electron chi connectivity index (χ4n) is 1.94. The summed E-state index contributed by atoms with van der Waals surface area (Å²) in [6.07, 6.45) is 4.43. The van der Waals surface area contributed by atoms with Crippen molar-refractivity contribution in [3.05, 3.63) is 29.3 Å². The van der Waals surface area contributed by atoms with Crippen LogP contribution in [0.1, 0.15) is 23.9 Å². The zero-order valence-electron chi connectivity index (χ0n) is 11.7. The van der Waals surface area contributed by atoms with Crippen LogP contribution in [-0.2, 0) is 37.9 Å². The lowest BCUT2D eigenvalue weighted by Gasteiger charge is -2.04. The molecule has 0 bridgehead atoms. The molecule has 0 saturated carbocycles. The van der Waals surface area contributed by atoms with Crippen LogP contribution in [0.5, 0.6) is 0 Å². The van der Waals surface area contributed by atoms with Crippen molar-refractivity contribution in [3.8, 4) is 0 Å². The Labute approximate surface area is 116 Å². The SMILES string of the molecule is CCc1nn(C)cc1CNC(=O)Cn1cc(CN)nn1. The zero-order valence-corrected chi connectivity index (χ0v) is 11.7. The number of hydrogen-bond acceptors (Lipinski definition) is 5. The van der Waals surface area contributed by atoms with Gasteiger partial charge in [-0.25, -0.2) is 4.68 Å². The first-order chi connectivity index (χ1) is 9.62. The molecular formula is C12H19N7O. The topological polar surface area (TPSA) is 104 Å². The van der Waals surface area contributed by atoms with Gasteiger partial charge in [0.2, 0.25) is 5.91 Å². The molecule has 8 heteroatoms. The summed E-state index contributed by atoms with van der Waals surface area (Å²) < 4.78 is 3.23. The molecule has 2 aromatic rings. The van der Waals surface area contributed by atoms with Crippen molar-refractivity contribution in [2.45, 2.75) is 33.0 Å². The van der Waals surface area contributed by atoms with Gasteiger partial charge in [-0.3, -0.25) is 9.48 Å². The molecule has 1 amide bonds. The first kappa shape index (κ1) is 14.2. The Balaban J connectivity index is 1.88. The number of rotatable bonds is 6. The maximum absolute atomic E-state index is 11.8. The van der Waals surface area contributed by atoms with Crippen LogP contribution >= 0.6 is 0 Å². The number of carbonyl (C=O) groups excluding carboxylic acids is 1. The van der Waals surface area contributed by atoms with Gasteiger partial charge in [-0.15, -0.1) is 5.10 Å². The standard InChI is InChI=1S/C12H19N7O/c1-3-11-9(6-18(2)16-11)5-14-12(20)8-19-7-10(4-13)15-17-19/h6-7H,3-5,8,13H2,1-2H3,(H,14,20). The molecule has 0 saturated heterocycles. The van der Waals surface area contributed by atoms with Crippen LogP contribution in [0.4, 0.5) is 0 Å². The van der Waals surface area contributed by atoms with E-state index in [0.29, 0.717) is 18.8 Å². The maximum atomic E-state index is 11.8. The molecule has 0 spiro atoms. The van der Waals surface area contributed by atoms with Crippen molar-refractivity contribution in [2.24, 2.45) is 12.8 Å². The first-order valence-corrected chi connectivity index (χ1v) is 6.49. The number of aromatic nitrogens is 5. The number of hydrogen-bond donors (Lipinski definition) is 2. The van der Waals surface area contributed by atoms with E-state index in [1.807, 2.05) is 20.2 Å². The minimum Gasteiger partial charge on any atom is -0.350 e. The van der Waals surface area contributed by atoms with E-state index in [2.05, 4.69) is 20.7 Å². The van der Waals surface area contributed by atoms with Gasteiger partial charge in [-0.2, -0.15) is 5.10 Å². The summed E-state index contributed by atoms with van der Waals surface area (Å²) >= 11 is 0. The van der Waals surface area contributed by atoms with Gasteiger partial charge in [0.25, 0.3) is 0 Å². The van der Waals surface area contributed by atoms with Crippen molar-refractivity contribution in [3.63, 3.8) is 0 Å². The second-order valence-electron chi connectivity index (χ2n) is 4.52. The lowest BCUT2D eigenvalue weighted by atomic mass is 10.2. The largest absolute Gasteiger partial charge is 0.350 e. The van der Waals surface area contributed by atoms with Gasteiger partial charge < -0.3 is 11.1 Å². The molecule has 0 aromatic carbocycles. The summed E-state index contributed by atoms with van der Waals surface area (Å²) in [5.74, 6) is -0.121. The van der Waals surface area contributed by atoms with Crippen LogP contribution in [0.3, 0.4) is 0 Å². The van der Waals surface area contributed by atoms with E-state index in [0.717, 1.165) is 17.7 Å². The Morgan fingerprint density at radius 1 is 1.45 bits per heavy atom. The Kier molecular flexibility index (Phi) is 4.46. The lowest BCUT2D eigenvalue weighted by Crippen LogP contribution is -2.27. The zero-order chi connectivity index (χ0) is 14.5. The second kappa shape index (κ2) is 6.29. The lowest BCUT2D eigenvalue weighted by molar-refractivity contribution is -0.122. The number of nitrogens with zero attached hydrogens (tertiary/aromatic N) is 5. The number of aryl methyl sites for hydroxylation is 2. The van der Waals surface area contributed by atoms with Gasteiger partial charge in [0.1, 0.15) is 6.54 Å². The second-order valence-corrected chi connectivity index (χ2v) is 4.52. The van der Waals surface area contributed by atoms with Gasteiger partial charge in [-0.05, 0) is 6.42 Å². The number of nitrogens with two attached hydrogens (primary N) is 1. The molecule has 20 heavy (non-hydrogen) atoms. The maximum Gasteiger partial charge on any atom is 0.242 e. The van der Waals surface area contributed by atoms with Crippen LogP contribution in [0.2, 0.25) is 0 Å². The van der Waals surface area contributed by atoms with Gasteiger partial charge in [-0.1, -0.05) is 12.1 Å². The quantitative estimate of drug-likeness (QED) is 0.730. The van der Waals surface area contributed by atoms with Gasteiger partial charge in [0.15, 0.2) is 0 Å². The predicted octanol–water partition coefficient (Wildman–Crippen LogP) is -0.651. The average Bonchev–Trinajstić information content (AvgIpc) is 3.02. The first-order valence-electron chi connectivity index (χ1n) is 6.49. The number of nitrogens with one attached hydrogen (secondary N) is 1. The van der Waals surface area contributed by atoms with Crippen LogP contribution in [0, 0.1) is 0 Å². The van der Waals surface area contributed by atoms with E-state index in [1.165, 1.54) is 4.68 Å². The molecule has 0 atom stereocenters. The minimum absolute atomic E-state index is 0.121. The van der Waals surface area contributed by atoms with Crippen molar-refractivity contribution < 1.29 is 4.79 Å². The van der Waals surface area contributed by atoms with Crippen molar-refractivity contribution in [2.75, 3.05) is 0 Å². The van der Waals surface area contributed by atoms with Crippen LogP contribution < -0.4 is 11.1 Å². The molecule has 0 fully saturated rings. The molecule has 0 aliphatic carbocycles. The summed E-state index contributed by atoms with van der Waals surface area (Å²) in [4.78, 5) is 11.8. The Hall–Kier alpha value is -2.22. The predicted molar refractivity (Wildman–Crippen MR) is 72.3 cm³/mol. The third-order valence-corrected chi connectivity index (χ3v) is 2.90. The summed E-state index contributed by atoms with van der Waals surface area (Å²) in [7, 11) is 1.87. The van der Waals surface area contributed by atoms with Crippen LogP contribution in [-0.4, -0.2) is 30.7 Å². The minimum atomic E-state index is -0.121. The number of carbonyl (C=O) groups is 1. The van der Waals surface area contributed by atoms with Gasteiger partial charge in [0.05, 0.1) is 17.6 Å². The fourth-order valence-corrected chi connectivity index (χ4v) is 1.94. The Morgan fingerprint density at radius 2 is 2.25 bits per heavy atom. The van der Waals surface area contributed by atoms with E-state index in [4.69, 9.17) is 5.73 Å². The fraction of sp³-hybridized carbons (Fsp3) is 0.500. The van der Waals surface area contributed by atoms with Gasteiger partial charge in [0, 0.05) is 31.9 Å². The third kappa shape index (κ3) is 3.41. The van der Waals surface area contributed by atoms with Gasteiger partial charge >= 0.3 is 0 Å². The molecular weight excluding hydrogens is 258 g/mol. The average molecular weight is 277 g/mol. The van der Waals surface area contributed by atoms with E-state index in [1.54, 1.807) is 10.9 Å². The van der Waals surface area contributed by atoms with Crippen LogP contribution in [0.15, 0.2) is 12.4 Å². The highest BCUT2D eigenvalue weighted by atomic mass is 16.2. The molecule has 3 N–H and O–H groups in total. The van der Waals surface area contributed by atoms with Crippen molar-refractivity contribution in [1.29, 1.82) is 0 Å². The highest BCUT2D eigenvalue weighted by Crippen LogP contribution is 2.06. The van der Waals surface area contributed by atoms with Crippen molar-refractivity contribution >= 4 is 5.91 Å². The van der Waals surface area contributed by atoms with E-state index < -0.39 is 0 Å². The molecule has 0 aliphatic rings. The normalized spacial score (nSPS) is 10.8. The molecule has 2 rings (SSSR count). The molecule has 8 nitrogen and oxygen atoms in total. The number of amides is 1. The Bertz CT molecular complexity index is 586. The summed E-state index contributed by atoms with van der Waals surface area (Å²) in [5.41, 5.74) is 8.13. The summed E-state index contributed by atoms with van der Waals surface area (Å²) in [5, 5.41) is 14.8. The third-order valence-electron chi connectivity index (χ3n) is 2.90. The molecule has 2 heterocycles. The molecule has 0 unspecified atom stereocenters. The van der Waals surface area contributed by atoms with E-state index in [-0.39, 0.29) is 12.5 Å².